The molecular formula is C25H34. The van der Waals surface area contributed by atoms with Crippen LogP contribution in [0.1, 0.15) is 81.8 Å². The Labute approximate surface area is 154 Å². The minimum Gasteiger partial charge on any atom is -0.103 e. The van der Waals surface area contributed by atoms with Gasteiger partial charge in [-0.1, -0.05) is 75.1 Å². The second-order valence-electron chi connectivity index (χ2n) is 7.98. The lowest BCUT2D eigenvalue weighted by Crippen LogP contribution is -2.13. The van der Waals surface area contributed by atoms with Gasteiger partial charge in [0.05, 0.1) is 0 Å². The van der Waals surface area contributed by atoms with Crippen LogP contribution in [0, 0.1) is 5.92 Å². The van der Waals surface area contributed by atoms with E-state index in [0.717, 1.165) is 24.7 Å². The van der Waals surface area contributed by atoms with Gasteiger partial charge in [0.2, 0.25) is 0 Å². The number of benzene rings is 2. The molecular weight excluding hydrogens is 300 g/mol. The lowest BCUT2D eigenvalue weighted by molar-refractivity contribution is 0.303. The molecule has 0 spiro atoms. The molecule has 1 aliphatic rings. The molecule has 0 radical (unpaired) electrons. The van der Waals surface area contributed by atoms with Gasteiger partial charge < -0.3 is 0 Å². The standard InChI is InChI=1S/C25H34/c1-3-5-7-9-20-10-13-22(14-11-20)24-17-16-23-18-21(8-6-4-2)12-15-25(23)19-24/h4,12,15-20,22H,2-3,5-11,13-14H2,1H3. The van der Waals surface area contributed by atoms with Gasteiger partial charge in [-0.3, -0.25) is 0 Å². The third-order valence-corrected chi connectivity index (χ3v) is 6.10. The van der Waals surface area contributed by atoms with E-state index in [9.17, 15) is 0 Å². The average molecular weight is 335 g/mol. The van der Waals surface area contributed by atoms with Crippen LogP contribution in [-0.4, -0.2) is 0 Å². The lowest BCUT2D eigenvalue weighted by Gasteiger charge is -2.29. The topological polar surface area (TPSA) is 0 Å². The number of hydrogen-bond acceptors (Lipinski definition) is 0. The molecule has 0 saturated heterocycles. The van der Waals surface area contributed by atoms with E-state index >= 15 is 0 Å². The molecule has 0 heterocycles. The van der Waals surface area contributed by atoms with Crippen LogP contribution in [0.4, 0.5) is 0 Å². The molecule has 134 valence electrons. The van der Waals surface area contributed by atoms with Crippen molar-refractivity contribution in [3.63, 3.8) is 0 Å². The third-order valence-electron chi connectivity index (χ3n) is 6.10. The van der Waals surface area contributed by atoms with Crippen molar-refractivity contribution >= 4 is 10.8 Å². The maximum atomic E-state index is 3.83. The van der Waals surface area contributed by atoms with E-state index < -0.39 is 0 Å². The normalized spacial score (nSPS) is 20.7. The van der Waals surface area contributed by atoms with E-state index in [1.165, 1.54) is 67.7 Å². The van der Waals surface area contributed by atoms with Gasteiger partial charge in [0, 0.05) is 0 Å². The molecule has 1 fully saturated rings. The zero-order valence-corrected chi connectivity index (χ0v) is 16.0. The SMILES string of the molecule is C=CCCc1ccc2cc(C3CCC(CCCCC)CC3)ccc2c1. The van der Waals surface area contributed by atoms with Gasteiger partial charge in [-0.05, 0) is 72.3 Å². The Morgan fingerprint density at radius 3 is 2.48 bits per heavy atom. The smallest absolute Gasteiger partial charge is 0.0162 e. The first-order valence-corrected chi connectivity index (χ1v) is 10.4. The van der Waals surface area contributed by atoms with Crippen molar-refractivity contribution in [2.45, 2.75) is 77.0 Å². The highest BCUT2D eigenvalue weighted by Gasteiger charge is 2.22. The van der Waals surface area contributed by atoms with Gasteiger partial charge >= 0.3 is 0 Å². The fourth-order valence-electron chi connectivity index (χ4n) is 4.46. The summed E-state index contributed by atoms with van der Waals surface area (Å²) in [5.74, 6) is 1.78. The van der Waals surface area contributed by atoms with Crippen LogP contribution in [0.2, 0.25) is 0 Å². The van der Waals surface area contributed by atoms with Crippen LogP contribution in [0.3, 0.4) is 0 Å². The molecule has 0 nitrogen and oxygen atoms in total. The fourth-order valence-corrected chi connectivity index (χ4v) is 4.46. The van der Waals surface area contributed by atoms with Crippen LogP contribution in [0.5, 0.6) is 0 Å². The summed E-state index contributed by atoms with van der Waals surface area (Å²) >= 11 is 0. The number of unbranched alkanes of at least 4 members (excludes halogenated alkanes) is 2. The zero-order valence-electron chi connectivity index (χ0n) is 16.0. The third kappa shape index (κ3) is 4.97. The number of fused-ring (bicyclic) bond motifs is 1. The summed E-state index contributed by atoms with van der Waals surface area (Å²) in [6.45, 7) is 6.13. The summed E-state index contributed by atoms with van der Waals surface area (Å²) in [5, 5.41) is 2.79. The largest absolute Gasteiger partial charge is 0.103 e. The van der Waals surface area contributed by atoms with Crippen molar-refractivity contribution in [1.82, 2.24) is 0 Å². The summed E-state index contributed by atoms with van der Waals surface area (Å²) in [7, 11) is 0. The van der Waals surface area contributed by atoms with Crippen molar-refractivity contribution in [3.8, 4) is 0 Å². The molecule has 2 aromatic carbocycles. The Morgan fingerprint density at radius 2 is 1.72 bits per heavy atom. The van der Waals surface area contributed by atoms with Crippen LogP contribution in [0.25, 0.3) is 10.8 Å². The molecule has 0 aromatic heterocycles. The Hall–Kier alpha value is -1.56. The molecule has 25 heavy (non-hydrogen) atoms. The molecule has 0 heteroatoms. The fraction of sp³-hybridized carbons (Fsp3) is 0.520. The molecule has 0 bridgehead atoms. The van der Waals surface area contributed by atoms with E-state index in [0.29, 0.717) is 0 Å². The van der Waals surface area contributed by atoms with Gasteiger partial charge in [-0.15, -0.1) is 6.58 Å². The van der Waals surface area contributed by atoms with Gasteiger partial charge in [0.15, 0.2) is 0 Å². The first kappa shape index (κ1) is 18.2. The minimum absolute atomic E-state index is 0.785. The predicted molar refractivity (Wildman–Crippen MR) is 111 cm³/mol. The Morgan fingerprint density at radius 1 is 0.960 bits per heavy atom. The Bertz CT molecular complexity index is 673. The van der Waals surface area contributed by atoms with Gasteiger partial charge in [0.25, 0.3) is 0 Å². The van der Waals surface area contributed by atoms with Crippen molar-refractivity contribution in [2.75, 3.05) is 0 Å². The molecule has 0 unspecified atom stereocenters. The van der Waals surface area contributed by atoms with Crippen molar-refractivity contribution in [1.29, 1.82) is 0 Å². The average Bonchev–Trinajstić information content (AvgIpc) is 2.66. The van der Waals surface area contributed by atoms with Gasteiger partial charge in [-0.25, -0.2) is 0 Å². The minimum atomic E-state index is 0.785. The first-order chi connectivity index (χ1) is 12.3. The van der Waals surface area contributed by atoms with E-state index in [2.05, 4.69) is 49.9 Å². The molecule has 3 rings (SSSR count). The van der Waals surface area contributed by atoms with Crippen molar-refractivity contribution in [3.05, 3.63) is 60.2 Å². The Kier molecular flexibility index (Phi) is 6.73. The van der Waals surface area contributed by atoms with E-state index in [4.69, 9.17) is 0 Å². The number of rotatable bonds is 8. The highest BCUT2D eigenvalue weighted by Crippen LogP contribution is 2.38. The molecule has 0 aliphatic heterocycles. The summed E-state index contributed by atoms with van der Waals surface area (Å²) in [6.07, 6.45) is 15.5. The van der Waals surface area contributed by atoms with E-state index in [-0.39, 0.29) is 0 Å². The van der Waals surface area contributed by atoms with Crippen molar-refractivity contribution in [2.24, 2.45) is 5.92 Å². The molecule has 0 N–H and O–H groups in total. The van der Waals surface area contributed by atoms with Crippen LogP contribution in [0.15, 0.2) is 49.1 Å². The highest BCUT2D eigenvalue weighted by atomic mass is 14.3. The van der Waals surface area contributed by atoms with E-state index in [1.54, 1.807) is 5.56 Å². The molecule has 2 aromatic rings. The first-order valence-electron chi connectivity index (χ1n) is 10.4. The quantitative estimate of drug-likeness (QED) is 0.341. The summed E-state index contributed by atoms with van der Waals surface area (Å²) in [6, 6.07) is 14.1. The summed E-state index contributed by atoms with van der Waals surface area (Å²) in [4.78, 5) is 0. The maximum Gasteiger partial charge on any atom is -0.0162 e. The van der Waals surface area contributed by atoms with E-state index in [1.807, 2.05) is 6.08 Å². The Balaban J connectivity index is 1.61. The van der Waals surface area contributed by atoms with Crippen LogP contribution in [-0.2, 0) is 6.42 Å². The van der Waals surface area contributed by atoms with Crippen molar-refractivity contribution < 1.29 is 0 Å². The maximum absolute atomic E-state index is 3.83. The molecule has 0 atom stereocenters. The molecule has 0 amide bonds. The lowest BCUT2D eigenvalue weighted by atomic mass is 9.77. The summed E-state index contributed by atoms with van der Waals surface area (Å²) < 4.78 is 0. The summed E-state index contributed by atoms with van der Waals surface area (Å²) in [5.41, 5.74) is 2.99. The highest BCUT2D eigenvalue weighted by molar-refractivity contribution is 5.84. The molecule has 1 saturated carbocycles. The zero-order chi connectivity index (χ0) is 17.5. The molecule has 1 aliphatic carbocycles. The van der Waals surface area contributed by atoms with Gasteiger partial charge in [0.1, 0.15) is 0 Å². The number of hydrogen-bond donors (Lipinski definition) is 0. The van der Waals surface area contributed by atoms with Gasteiger partial charge in [-0.2, -0.15) is 0 Å². The number of allylic oxidation sites excluding steroid dienone is 1. The second-order valence-corrected chi connectivity index (χ2v) is 7.98. The van der Waals surface area contributed by atoms with Crippen LogP contribution < -0.4 is 0 Å². The van der Waals surface area contributed by atoms with Crippen LogP contribution >= 0.6 is 0 Å². The second kappa shape index (κ2) is 9.22. The monoisotopic (exact) mass is 334 g/mol. The number of aryl methyl sites for hydroxylation is 1. The predicted octanol–water partition coefficient (Wildman–Crippen LogP) is 7.81.